The van der Waals surface area contributed by atoms with Crippen molar-refractivity contribution in [3.8, 4) is 5.75 Å². The summed E-state index contributed by atoms with van der Waals surface area (Å²) in [5.74, 6) is 0.997. The summed E-state index contributed by atoms with van der Waals surface area (Å²) in [6.45, 7) is 0. The minimum Gasteiger partial charge on any atom is -0.491 e. The quantitative estimate of drug-likeness (QED) is 0.656. The molecule has 4 nitrogen and oxygen atoms in total. The van der Waals surface area contributed by atoms with E-state index in [4.69, 9.17) is 16.5 Å². The highest BCUT2D eigenvalue weighted by atomic mass is 35.5. The van der Waals surface area contributed by atoms with E-state index < -0.39 is 0 Å². The predicted molar refractivity (Wildman–Crippen MR) is 38.1 cm³/mol. The lowest BCUT2D eigenvalue weighted by molar-refractivity contribution is 0.413. The van der Waals surface area contributed by atoms with Crippen LogP contribution in [0.15, 0.2) is 12.5 Å². The Kier molecular flexibility index (Phi) is 2.28. The molecule has 1 rings (SSSR count). The number of hydrogen-bond acceptors (Lipinski definition) is 4. The van der Waals surface area contributed by atoms with Crippen LogP contribution in [0.1, 0.15) is 0 Å². The van der Waals surface area contributed by atoms with Crippen molar-refractivity contribution in [2.75, 3.05) is 11.9 Å². The topological polar surface area (TPSA) is 47.0 Å². The first kappa shape index (κ1) is 7.08. The Morgan fingerprint density at radius 3 is 3.00 bits per heavy atom. The molecule has 5 heteroatoms. The standard InChI is InChI=1S/C5H6ClN3O/c1-10-4-2-7-3-8-5(4)9-6/h2-3H,1H3,(H,7,8,9). The third-order valence-electron chi connectivity index (χ3n) is 0.988. The summed E-state index contributed by atoms with van der Waals surface area (Å²) in [4.78, 5) is 9.86. The maximum atomic E-state index is 5.29. The third kappa shape index (κ3) is 1.27. The number of anilines is 1. The molecule has 0 fully saturated rings. The first-order chi connectivity index (χ1) is 4.88. The van der Waals surface area contributed by atoms with Crippen LogP contribution < -0.4 is 9.57 Å². The van der Waals surface area contributed by atoms with Gasteiger partial charge in [-0.05, 0) is 0 Å². The molecule has 10 heavy (non-hydrogen) atoms. The lowest BCUT2D eigenvalue weighted by Gasteiger charge is -2.01. The Hall–Kier alpha value is -1.03. The van der Waals surface area contributed by atoms with E-state index in [9.17, 15) is 0 Å². The SMILES string of the molecule is COc1cncnc1NCl. The van der Waals surface area contributed by atoms with Crippen LogP contribution in [0.4, 0.5) is 5.82 Å². The summed E-state index contributed by atoms with van der Waals surface area (Å²) < 4.78 is 4.86. The molecule has 0 spiro atoms. The van der Waals surface area contributed by atoms with E-state index in [-0.39, 0.29) is 0 Å². The van der Waals surface area contributed by atoms with Gasteiger partial charge in [-0.3, -0.25) is 4.84 Å². The van der Waals surface area contributed by atoms with Gasteiger partial charge < -0.3 is 4.74 Å². The number of methoxy groups -OCH3 is 1. The van der Waals surface area contributed by atoms with Gasteiger partial charge in [-0.25, -0.2) is 9.97 Å². The molecule has 1 N–H and O–H groups in total. The van der Waals surface area contributed by atoms with Gasteiger partial charge >= 0.3 is 0 Å². The van der Waals surface area contributed by atoms with E-state index in [1.54, 1.807) is 0 Å². The van der Waals surface area contributed by atoms with Crippen LogP contribution >= 0.6 is 11.8 Å². The van der Waals surface area contributed by atoms with E-state index in [0.717, 1.165) is 0 Å². The molecule has 1 aromatic heterocycles. The molecule has 0 radical (unpaired) electrons. The highest BCUT2D eigenvalue weighted by Gasteiger charge is 1.99. The Balaban J connectivity index is 2.96. The van der Waals surface area contributed by atoms with Gasteiger partial charge in [0.05, 0.1) is 13.3 Å². The highest BCUT2D eigenvalue weighted by Crippen LogP contribution is 2.18. The largest absolute Gasteiger partial charge is 0.491 e. The Morgan fingerprint density at radius 1 is 1.70 bits per heavy atom. The van der Waals surface area contributed by atoms with E-state index >= 15 is 0 Å². The molecule has 0 atom stereocenters. The molecule has 1 aromatic rings. The monoisotopic (exact) mass is 159 g/mol. The van der Waals surface area contributed by atoms with Gasteiger partial charge in [-0.1, -0.05) is 0 Å². The van der Waals surface area contributed by atoms with Crippen LogP contribution in [0.2, 0.25) is 0 Å². The second-order valence-corrected chi connectivity index (χ2v) is 1.72. The fourth-order valence-electron chi connectivity index (χ4n) is 0.537. The first-order valence-electron chi connectivity index (χ1n) is 2.59. The zero-order valence-electron chi connectivity index (χ0n) is 5.34. The van der Waals surface area contributed by atoms with Crippen molar-refractivity contribution in [2.24, 2.45) is 0 Å². The number of ether oxygens (including phenoxy) is 1. The average molecular weight is 160 g/mol. The van der Waals surface area contributed by atoms with E-state index in [2.05, 4.69) is 14.8 Å². The minimum atomic E-state index is 0.471. The van der Waals surface area contributed by atoms with Crippen LogP contribution in [0.3, 0.4) is 0 Å². The fourth-order valence-corrected chi connectivity index (χ4v) is 0.679. The number of hydrogen-bond donors (Lipinski definition) is 1. The Morgan fingerprint density at radius 2 is 2.50 bits per heavy atom. The van der Waals surface area contributed by atoms with Crippen LogP contribution in [-0.4, -0.2) is 17.1 Å². The van der Waals surface area contributed by atoms with Gasteiger partial charge in [-0.15, -0.1) is 0 Å². The molecular formula is C5H6ClN3O. The number of halogens is 1. The molecule has 0 unspecified atom stereocenters. The van der Waals surface area contributed by atoms with Crippen LogP contribution in [0.5, 0.6) is 5.75 Å². The molecule has 0 saturated heterocycles. The van der Waals surface area contributed by atoms with Gasteiger partial charge in [-0.2, -0.15) is 0 Å². The maximum absolute atomic E-state index is 5.29. The molecule has 1 heterocycles. The second kappa shape index (κ2) is 3.22. The van der Waals surface area contributed by atoms with Crippen molar-refractivity contribution in [1.29, 1.82) is 0 Å². The molecule has 0 aliphatic carbocycles. The van der Waals surface area contributed by atoms with Gasteiger partial charge in [0.15, 0.2) is 11.6 Å². The number of aromatic nitrogens is 2. The van der Waals surface area contributed by atoms with Gasteiger partial charge in [0.1, 0.15) is 6.33 Å². The number of nitrogens with one attached hydrogen (secondary N) is 1. The molecule has 0 aromatic carbocycles. The van der Waals surface area contributed by atoms with Crippen molar-refractivity contribution in [3.63, 3.8) is 0 Å². The number of rotatable bonds is 2. The molecule has 0 saturated carbocycles. The summed E-state index contributed by atoms with van der Waals surface area (Å²) in [6, 6.07) is 0. The number of nitrogens with zero attached hydrogens (tertiary/aromatic N) is 2. The fraction of sp³-hybridized carbons (Fsp3) is 0.200. The zero-order valence-corrected chi connectivity index (χ0v) is 6.09. The van der Waals surface area contributed by atoms with Gasteiger partial charge in [0.25, 0.3) is 0 Å². The summed E-state index contributed by atoms with van der Waals surface area (Å²) in [7, 11) is 1.52. The Bertz CT molecular complexity index is 195. The predicted octanol–water partition coefficient (Wildman–Crippen LogP) is 1.05. The first-order valence-corrected chi connectivity index (χ1v) is 2.97. The van der Waals surface area contributed by atoms with Crippen molar-refractivity contribution in [3.05, 3.63) is 12.5 Å². The van der Waals surface area contributed by atoms with Crippen LogP contribution in [0, 0.1) is 0 Å². The lowest BCUT2D eigenvalue weighted by Crippen LogP contribution is -1.92. The average Bonchev–Trinajstić information content (AvgIpc) is 2.04. The summed E-state index contributed by atoms with van der Waals surface area (Å²) in [5.41, 5.74) is 0. The summed E-state index contributed by atoms with van der Waals surface area (Å²) in [5, 5.41) is 0. The van der Waals surface area contributed by atoms with Crippen LogP contribution in [0.25, 0.3) is 0 Å². The molecule has 0 amide bonds. The highest BCUT2D eigenvalue weighted by molar-refractivity contribution is 6.23. The van der Waals surface area contributed by atoms with E-state index in [0.29, 0.717) is 11.6 Å². The smallest absolute Gasteiger partial charge is 0.186 e. The second-order valence-electron chi connectivity index (χ2n) is 1.53. The van der Waals surface area contributed by atoms with Crippen molar-refractivity contribution in [2.45, 2.75) is 0 Å². The third-order valence-corrected chi connectivity index (χ3v) is 1.17. The maximum Gasteiger partial charge on any atom is 0.186 e. The van der Waals surface area contributed by atoms with Crippen molar-refractivity contribution < 1.29 is 4.74 Å². The molecule has 0 aliphatic heterocycles. The van der Waals surface area contributed by atoms with Crippen LogP contribution in [-0.2, 0) is 0 Å². The van der Waals surface area contributed by atoms with E-state index in [1.165, 1.54) is 19.6 Å². The van der Waals surface area contributed by atoms with Gasteiger partial charge in [0.2, 0.25) is 0 Å². The molecule has 0 bridgehead atoms. The molecular weight excluding hydrogens is 154 g/mol. The van der Waals surface area contributed by atoms with Crippen molar-refractivity contribution >= 4 is 17.6 Å². The normalized spacial score (nSPS) is 9.00. The molecule has 0 aliphatic rings. The van der Waals surface area contributed by atoms with Crippen molar-refractivity contribution in [1.82, 2.24) is 9.97 Å². The molecule has 54 valence electrons. The van der Waals surface area contributed by atoms with Gasteiger partial charge in [0, 0.05) is 11.8 Å². The summed E-state index contributed by atoms with van der Waals surface area (Å²) in [6.07, 6.45) is 2.91. The minimum absolute atomic E-state index is 0.471. The Labute approximate surface area is 63.3 Å². The van der Waals surface area contributed by atoms with E-state index in [1.807, 2.05) is 0 Å². The zero-order chi connectivity index (χ0) is 7.40. The summed E-state index contributed by atoms with van der Waals surface area (Å²) >= 11 is 5.29. The lowest BCUT2D eigenvalue weighted by atomic mass is 10.5.